The molecule has 0 unspecified atom stereocenters. The Balaban J connectivity index is 1.84. The van der Waals surface area contributed by atoms with Crippen LogP contribution in [-0.2, 0) is 0 Å². The molecule has 1 heterocycles. The Kier molecular flexibility index (Phi) is 3.84. The summed E-state index contributed by atoms with van der Waals surface area (Å²) in [5.74, 6) is 1.03. The third-order valence-electron chi connectivity index (χ3n) is 3.03. The number of halogens is 1. The summed E-state index contributed by atoms with van der Waals surface area (Å²) < 4.78 is 5.23. The van der Waals surface area contributed by atoms with Crippen molar-refractivity contribution < 1.29 is 4.52 Å². The van der Waals surface area contributed by atoms with Crippen LogP contribution in [0.2, 0.25) is 5.02 Å². The van der Waals surface area contributed by atoms with Crippen molar-refractivity contribution in [2.75, 3.05) is 0 Å². The van der Waals surface area contributed by atoms with Gasteiger partial charge in [-0.2, -0.15) is 4.98 Å². The molecule has 104 valence electrons. The lowest BCUT2D eigenvalue weighted by atomic mass is 10.1. The second kappa shape index (κ2) is 5.94. The van der Waals surface area contributed by atoms with Crippen LogP contribution in [0.25, 0.3) is 23.5 Å². The summed E-state index contributed by atoms with van der Waals surface area (Å²) >= 11 is 6.09. The second-order valence-electron chi connectivity index (χ2n) is 4.68. The van der Waals surface area contributed by atoms with Gasteiger partial charge < -0.3 is 4.52 Å². The normalized spacial score (nSPS) is 11.1. The number of rotatable bonds is 3. The zero-order chi connectivity index (χ0) is 14.7. The summed E-state index contributed by atoms with van der Waals surface area (Å²) in [4.78, 5) is 4.36. The molecule has 0 fully saturated rings. The molecule has 4 heteroatoms. The highest BCUT2D eigenvalue weighted by atomic mass is 35.5. The molecule has 3 aromatic rings. The Morgan fingerprint density at radius 1 is 1.05 bits per heavy atom. The smallest absolute Gasteiger partial charge is 0.250 e. The van der Waals surface area contributed by atoms with E-state index >= 15 is 0 Å². The van der Waals surface area contributed by atoms with Crippen molar-refractivity contribution in [3.63, 3.8) is 0 Å². The molecule has 3 rings (SSSR count). The van der Waals surface area contributed by atoms with Gasteiger partial charge in [-0.25, -0.2) is 0 Å². The standard InChI is InChI=1S/C17H13ClN2O/c1-12-5-4-7-14(11-12)17-19-16(21-20-17)10-9-13-6-2-3-8-15(13)18/h2-11H,1H3. The molecule has 0 N–H and O–H groups in total. The molecule has 0 aliphatic heterocycles. The van der Waals surface area contributed by atoms with E-state index in [9.17, 15) is 0 Å². The lowest BCUT2D eigenvalue weighted by Gasteiger charge is -1.95. The molecule has 0 atom stereocenters. The molecule has 0 saturated carbocycles. The van der Waals surface area contributed by atoms with Crippen molar-refractivity contribution in [2.24, 2.45) is 0 Å². The third-order valence-corrected chi connectivity index (χ3v) is 3.37. The van der Waals surface area contributed by atoms with Crippen molar-refractivity contribution in [3.05, 3.63) is 70.6 Å². The van der Waals surface area contributed by atoms with Crippen LogP contribution in [0.4, 0.5) is 0 Å². The van der Waals surface area contributed by atoms with E-state index in [4.69, 9.17) is 16.1 Å². The van der Waals surface area contributed by atoms with E-state index in [-0.39, 0.29) is 0 Å². The number of nitrogens with zero attached hydrogens (tertiary/aromatic N) is 2. The quantitative estimate of drug-likeness (QED) is 0.692. The Bertz CT molecular complexity index is 793. The molecule has 0 saturated heterocycles. The Hall–Kier alpha value is -2.39. The molecule has 1 aromatic heterocycles. The SMILES string of the molecule is Cc1cccc(-c2noc(C=Cc3ccccc3Cl)n2)c1. The van der Waals surface area contributed by atoms with Crippen LogP contribution in [0.1, 0.15) is 17.0 Å². The summed E-state index contributed by atoms with van der Waals surface area (Å²) in [6, 6.07) is 15.6. The molecule has 0 radical (unpaired) electrons. The van der Waals surface area contributed by atoms with Gasteiger partial charge in [0.2, 0.25) is 5.82 Å². The van der Waals surface area contributed by atoms with Crippen molar-refractivity contribution in [1.82, 2.24) is 10.1 Å². The first-order valence-corrected chi connectivity index (χ1v) is 6.93. The Morgan fingerprint density at radius 2 is 1.90 bits per heavy atom. The van der Waals surface area contributed by atoms with Crippen LogP contribution < -0.4 is 0 Å². The maximum atomic E-state index is 6.09. The number of hydrogen-bond donors (Lipinski definition) is 0. The van der Waals surface area contributed by atoms with Crippen LogP contribution in [0.5, 0.6) is 0 Å². The predicted molar refractivity (Wildman–Crippen MR) is 84.9 cm³/mol. The minimum atomic E-state index is 0.450. The fourth-order valence-electron chi connectivity index (χ4n) is 1.98. The van der Waals surface area contributed by atoms with E-state index in [1.54, 1.807) is 6.08 Å². The predicted octanol–water partition coefficient (Wildman–Crippen LogP) is 4.87. The first-order valence-electron chi connectivity index (χ1n) is 6.56. The highest BCUT2D eigenvalue weighted by Gasteiger charge is 2.06. The average molecular weight is 297 g/mol. The first-order chi connectivity index (χ1) is 10.2. The van der Waals surface area contributed by atoms with Crippen LogP contribution in [0.3, 0.4) is 0 Å². The minimum absolute atomic E-state index is 0.450. The van der Waals surface area contributed by atoms with Gasteiger partial charge in [0.1, 0.15) is 0 Å². The van der Waals surface area contributed by atoms with Gasteiger partial charge in [-0.1, -0.05) is 58.7 Å². The summed E-state index contributed by atoms with van der Waals surface area (Å²) in [5.41, 5.74) is 3.01. The average Bonchev–Trinajstić information content (AvgIpc) is 2.95. The summed E-state index contributed by atoms with van der Waals surface area (Å²) in [7, 11) is 0. The number of aromatic nitrogens is 2. The van der Waals surface area contributed by atoms with Gasteiger partial charge in [-0.15, -0.1) is 0 Å². The first kappa shape index (κ1) is 13.6. The fourth-order valence-corrected chi connectivity index (χ4v) is 2.17. The van der Waals surface area contributed by atoms with Crippen molar-refractivity contribution in [1.29, 1.82) is 0 Å². The Morgan fingerprint density at radius 3 is 2.71 bits per heavy atom. The monoisotopic (exact) mass is 296 g/mol. The van der Waals surface area contributed by atoms with Gasteiger partial charge in [-0.3, -0.25) is 0 Å². The highest BCUT2D eigenvalue weighted by molar-refractivity contribution is 6.32. The van der Waals surface area contributed by atoms with E-state index in [1.165, 1.54) is 0 Å². The van der Waals surface area contributed by atoms with Gasteiger partial charge in [0.25, 0.3) is 5.89 Å². The maximum Gasteiger partial charge on any atom is 0.250 e. The maximum absolute atomic E-state index is 6.09. The summed E-state index contributed by atoms with van der Waals surface area (Å²) in [5, 5.41) is 4.68. The molecule has 0 spiro atoms. The van der Waals surface area contributed by atoms with E-state index < -0.39 is 0 Å². The lowest BCUT2D eigenvalue weighted by Crippen LogP contribution is -1.81. The summed E-state index contributed by atoms with van der Waals surface area (Å²) in [6.07, 6.45) is 3.61. The molecule has 0 aliphatic carbocycles. The molecule has 3 nitrogen and oxygen atoms in total. The molecule has 0 bridgehead atoms. The van der Waals surface area contributed by atoms with Gasteiger partial charge in [0, 0.05) is 16.7 Å². The number of benzene rings is 2. The van der Waals surface area contributed by atoms with Gasteiger partial charge in [-0.05, 0) is 30.7 Å². The number of hydrogen-bond acceptors (Lipinski definition) is 3. The fraction of sp³-hybridized carbons (Fsp3) is 0.0588. The molecule has 2 aromatic carbocycles. The molecule has 0 aliphatic rings. The van der Waals surface area contributed by atoms with Crippen molar-refractivity contribution in [2.45, 2.75) is 6.92 Å². The molecule has 0 amide bonds. The van der Waals surface area contributed by atoms with Gasteiger partial charge in [0.05, 0.1) is 0 Å². The van der Waals surface area contributed by atoms with Crippen LogP contribution in [0, 0.1) is 6.92 Å². The van der Waals surface area contributed by atoms with Crippen LogP contribution in [0.15, 0.2) is 53.1 Å². The molecular weight excluding hydrogens is 284 g/mol. The van der Waals surface area contributed by atoms with Crippen molar-refractivity contribution >= 4 is 23.8 Å². The van der Waals surface area contributed by atoms with E-state index in [0.29, 0.717) is 16.7 Å². The third kappa shape index (κ3) is 3.20. The van der Waals surface area contributed by atoms with E-state index in [0.717, 1.165) is 16.7 Å². The van der Waals surface area contributed by atoms with E-state index in [1.807, 2.05) is 61.5 Å². The second-order valence-corrected chi connectivity index (χ2v) is 5.09. The summed E-state index contributed by atoms with van der Waals surface area (Å²) in [6.45, 7) is 2.03. The zero-order valence-electron chi connectivity index (χ0n) is 11.5. The highest BCUT2D eigenvalue weighted by Crippen LogP contribution is 2.20. The van der Waals surface area contributed by atoms with Gasteiger partial charge >= 0.3 is 0 Å². The number of aryl methyl sites for hydroxylation is 1. The van der Waals surface area contributed by atoms with E-state index in [2.05, 4.69) is 10.1 Å². The molecular formula is C17H13ClN2O. The lowest BCUT2D eigenvalue weighted by molar-refractivity contribution is 0.411. The van der Waals surface area contributed by atoms with Crippen LogP contribution in [-0.4, -0.2) is 10.1 Å². The van der Waals surface area contributed by atoms with Crippen LogP contribution >= 0.6 is 11.6 Å². The van der Waals surface area contributed by atoms with Gasteiger partial charge in [0.15, 0.2) is 0 Å². The topological polar surface area (TPSA) is 38.9 Å². The van der Waals surface area contributed by atoms with Crippen molar-refractivity contribution in [3.8, 4) is 11.4 Å². The zero-order valence-corrected chi connectivity index (χ0v) is 12.2. The minimum Gasteiger partial charge on any atom is -0.334 e. The molecule has 21 heavy (non-hydrogen) atoms. The Labute approximate surface area is 127 Å². The largest absolute Gasteiger partial charge is 0.334 e.